The molecule has 10 aromatic carbocycles. The summed E-state index contributed by atoms with van der Waals surface area (Å²) in [5, 5.41) is 14.8. The second kappa shape index (κ2) is 11.5. The van der Waals surface area contributed by atoms with Crippen molar-refractivity contribution in [3.8, 4) is 22.5 Å². The van der Waals surface area contributed by atoms with Crippen LogP contribution in [0.25, 0.3) is 120 Å². The highest BCUT2D eigenvalue weighted by molar-refractivity contribution is 6.38. The van der Waals surface area contributed by atoms with E-state index in [1.54, 1.807) is 0 Å². The summed E-state index contributed by atoms with van der Waals surface area (Å²) in [5.41, 5.74) is 11.4. The summed E-state index contributed by atoms with van der Waals surface area (Å²) >= 11 is 0. The van der Waals surface area contributed by atoms with Crippen LogP contribution in [0, 0.1) is 0 Å². The van der Waals surface area contributed by atoms with E-state index in [0.717, 1.165) is 27.9 Å². The summed E-state index contributed by atoms with van der Waals surface area (Å²) in [4.78, 5) is 0. The molecule has 0 fully saturated rings. The van der Waals surface area contributed by atoms with Gasteiger partial charge in [-0.15, -0.1) is 0 Å². The van der Waals surface area contributed by atoms with Crippen LogP contribution in [0.15, 0.2) is 199 Å². The van der Waals surface area contributed by atoms with Gasteiger partial charge in [0.2, 0.25) is 0 Å². The van der Waals surface area contributed by atoms with Crippen LogP contribution in [0.2, 0.25) is 0 Å². The lowest BCUT2D eigenvalue weighted by Gasteiger charge is -2.14. The first-order valence-corrected chi connectivity index (χ1v) is 19.6. The van der Waals surface area contributed by atoms with E-state index in [9.17, 15) is 0 Å². The Hall–Kier alpha value is -7.62. The lowest BCUT2D eigenvalue weighted by atomic mass is 9.98. The average molecular weight is 725 g/mol. The van der Waals surface area contributed by atoms with E-state index >= 15 is 0 Å². The first kappa shape index (κ1) is 30.7. The lowest BCUT2D eigenvalue weighted by Crippen LogP contribution is -1.97. The summed E-state index contributed by atoms with van der Waals surface area (Å²) in [6, 6.07) is 70.8. The van der Waals surface area contributed by atoms with E-state index in [0.29, 0.717) is 0 Å². The zero-order chi connectivity index (χ0) is 37.2. The topological polar surface area (TPSA) is 23.0 Å². The molecule has 3 aromatic heterocycles. The monoisotopic (exact) mass is 724 g/mol. The maximum atomic E-state index is 6.22. The summed E-state index contributed by atoms with van der Waals surface area (Å²) < 4.78 is 11.2. The molecule has 3 heteroatoms. The molecule has 0 aliphatic heterocycles. The van der Waals surface area contributed by atoms with Crippen LogP contribution in [-0.4, -0.2) is 9.13 Å². The molecule has 0 unspecified atom stereocenters. The molecule has 0 aliphatic carbocycles. The Balaban J connectivity index is 1.13. The Morgan fingerprint density at radius 1 is 0.298 bits per heavy atom. The quantitative estimate of drug-likeness (QED) is 0.178. The number of nitrogens with zero attached hydrogens (tertiary/aromatic N) is 2. The second-order valence-electron chi connectivity index (χ2n) is 15.2. The molecule has 0 atom stereocenters. The number of hydrogen-bond donors (Lipinski definition) is 0. The lowest BCUT2D eigenvalue weighted by molar-refractivity contribution is 0.669. The molecule has 0 radical (unpaired) electrons. The molecule has 13 rings (SSSR count). The maximum absolute atomic E-state index is 6.22. The van der Waals surface area contributed by atoms with Gasteiger partial charge < -0.3 is 13.6 Å². The molecule has 0 spiro atoms. The van der Waals surface area contributed by atoms with E-state index < -0.39 is 0 Å². The van der Waals surface area contributed by atoms with Gasteiger partial charge in [0.1, 0.15) is 11.2 Å². The van der Waals surface area contributed by atoms with Crippen molar-refractivity contribution in [2.75, 3.05) is 0 Å². The molecular formula is C54H32N2O. The average Bonchev–Trinajstić information content (AvgIpc) is 3.95. The van der Waals surface area contributed by atoms with Gasteiger partial charge in [0.15, 0.2) is 0 Å². The third-order valence-corrected chi connectivity index (χ3v) is 12.2. The van der Waals surface area contributed by atoms with Crippen molar-refractivity contribution in [2.24, 2.45) is 0 Å². The summed E-state index contributed by atoms with van der Waals surface area (Å²) in [5.74, 6) is 0. The third-order valence-electron chi connectivity index (χ3n) is 12.2. The molecule has 0 N–H and O–H groups in total. The van der Waals surface area contributed by atoms with Crippen LogP contribution in [0.4, 0.5) is 0 Å². The minimum atomic E-state index is 0.922. The first-order chi connectivity index (χ1) is 28.3. The smallest absolute Gasteiger partial charge is 0.136 e. The van der Waals surface area contributed by atoms with Crippen LogP contribution >= 0.6 is 0 Å². The number of furan rings is 1. The molecule has 3 nitrogen and oxygen atoms in total. The molecule has 0 bridgehead atoms. The molecule has 0 saturated heterocycles. The van der Waals surface area contributed by atoms with E-state index in [2.05, 4.69) is 191 Å². The molecule has 13 aromatic rings. The Morgan fingerprint density at radius 2 is 0.930 bits per heavy atom. The Labute approximate surface area is 326 Å². The normalized spacial score (nSPS) is 12.2. The minimum Gasteiger partial charge on any atom is -0.456 e. The van der Waals surface area contributed by atoms with Gasteiger partial charge in [0.05, 0.1) is 22.1 Å². The molecule has 0 amide bonds. The largest absolute Gasteiger partial charge is 0.456 e. The zero-order valence-corrected chi connectivity index (χ0v) is 30.8. The highest BCUT2D eigenvalue weighted by Crippen LogP contribution is 2.48. The molecule has 0 saturated carbocycles. The van der Waals surface area contributed by atoms with Crippen molar-refractivity contribution in [3.63, 3.8) is 0 Å². The van der Waals surface area contributed by atoms with Gasteiger partial charge in [-0.2, -0.15) is 0 Å². The van der Waals surface area contributed by atoms with E-state index in [1.807, 2.05) is 12.1 Å². The second-order valence-corrected chi connectivity index (χ2v) is 15.2. The van der Waals surface area contributed by atoms with Gasteiger partial charge in [-0.05, 0) is 75.8 Å². The maximum Gasteiger partial charge on any atom is 0.136 e. The van der Waals surface area contributed by atoms with Crippen LogP contribution in [0.1, 0.15) is 0 Å². The molecule has 3 heterocycles. The van der Waals surface area contributed by atoms with E-state index in [4.69, 9.17) is 4.42 Å². The van der Waals surface area contributed by atoms with Crippen molar-refractivity contribution in [1.82, 2.24) is 9.13 Å². The summed E-state index contributed by atoms with van der Waals surface area (Å²) in [6.45, 7) is 0. The first-order valence-electron chi connectivity index (χ1n) is 19.6. The zero-order valence-electron chi connectivity index (χ0n) is 30.8. The SMILES string of the molecule is c1ccc(-n2c3c4ccccc4ccc3c3c4c5ccccc5n(-c5cccc(-c6ccc7c(ccc8oc9ccccc9c87)c6)c5)c4c4ccccc4c32)cc1. The van der Waals surface area contributed by atoms with Crippen molar-refractivity contribution in [1.29, 1.82) is 0 Å². The van der Waals surface area contributed by atoms with Gasteiger partial charge >= 0.3 is 0 Å². The number of aromatic nitrogens is 2. The molecule has 57 heavy (non-hydrogen) atoms. The minimum absolute atomic E-state index is 0.922. The highest BCUT2D eigenvalue weighted by atomic mass is 16.3. The number of fused-ring (bicyclic) bond motifs is 17. The molecule has 0 aliphatic rings. The van der Waals surface area contributed by atoms with Crippen LogP contribution in [0.3, 0.4) is 0 Å². The van der Waals surface area contributed by atoms with Crippen molar-refractivity contribution in [2.45, 2.75) is 0 Å². The highest BCUT2D eigenvalue weighted by Gasteiger charge is 2.25. The van der Waals surface area contributed by atoms with E-state index in [1.165, 1.54) is 92.4 Å². The Morgan fingerprint density at radius 3 is 1.79 bits per heavy atom. The van der Waals surface area contributed by atoms with Crippen LogP contribution in [-0.2, 0) is 0 Å². The predicted octanol–water partition coefficient (Wildman–Crippen LogP) is 14.9. The van der Waals surface area contributed by atoms with Crippen molar-refractivity contribution < 1.29 is 4.42 Å². The number of rotatable bonds is 3. The fourth-order valence-corrected chi connectivity index (χ4v) is 9.86. The number of para-hydroxylation sites is 3. The molecular weight excluding hydrogens is 693 g/mol. The van der Waals surface area contributed by atoms with Gasteiger partial charge in [-0.1, -0.05) is 146 Å². The fraction of sp³-hybridized carbons (Fsp3) is 0. The van der Waals surface area contributed by atoms with Gasteiger partial charge in [0, 0.05) is 59.9 Å². The Kier molecular flexibility index (Phi) is 6.16. The Bertz CT molecular complexity index is 3810. The van der Waals surface area contributed by atoms with Crippen molar-refractivity contribution >= 4 is 97.9 Å². The molecule has 264 valence electrons. The predicted molar refractivity (Wildman–Crippen MR) is 240 cm³/mol. The van der Waals surface area contributed by atoms with Crippen LogP contribution in [0.5, 0.6) is 0 Å². The van der Waals surface area contributed by atoms with Gasteiger partial charge in [-0.25, -0.2) is 0 Å². The van der Waals surface area contributed by atoms with Gasteiger partial charge in [0.25, 0.3) is 0 Å². The van der Waals surface area contributed by atoms with E-state index in [-0.39, 0.29) is 0 Å². The summed E-state index contributed by atoms with van der Waals surface area (Å²) in [7, 11) is 0. The standard InChI is InChI=1S/C54H32N2O/c1-2-15-37(16-3-1)56-52-40-18-5-4-13-33(40)25-29-45(52)51-50-43-21-8-10-23-46(43)55(53(50)41-19-6-7-20-42(41)54(51)56)38-17-12-14-34(32-38)35-26-28-39-36(31-35)27-30-48-49(39)44-22-9-11-24-47(44)57-48/h1-32H. The summed E-state index contributed by atoms with van der Waals surface area (Å²) in [6.07, 6.45) is 0. The number of benzene rings is 10. The van der Waals surface area contributed by atoms with Crippen LogP contribution < -0.4 is 0 Å². The number of hydrogen-bond acceptors (Lipinski definition) is 1. The van der Waals surface area contributed by atoms with Gasteiger partial charge in [-0.3, -0.25) is 0 Å². The van der Waals surface area contributed by atoms with Crippen molar-refractivity contribution in [3.05, 3.63) is 194 Å². The fourth-order valence-electron chi connectivity index (χ4n) is 9.86. The third kappa shape index (κ3) is 4.20.